The fourth-order valence-corrected chi connectivity index (χ4v) is 1.34. The summed E-state index contributed by atoms with van der Waals surface area (Å²) in [5, 5.41) is 12.2. The van der Waals surface area contributed by atoms with Crippen LogP contribution in [0.15, 0.2) is 0 Å². The second-order valence-corrected chi connectivity index (χ2v) is 6.05. The lowest BCUT2D eigenvalue weighted by Gasteiger charge is -2.30. The molecule has 1 atom stereocenters. The molecule has 0 bridgehead atoms. The first-order valence-corrected chi connectivity index (χ1v) is 5.02. The number of rotatable bonds is 3. The van der Waals surface area contributed by atoms with Crippen LogP contribution in [0.25, 0.3) is 0 Å². The highest BCUT2D eigenvalue weighted by Crippen LogP contribution is 2.22. The number of carboxylic acids is 1. The maximum Gasteiger partial charge on any atom is 0.320 e. The van der Waals surface area contributed by atoms with Gasteiger partial charge < -0.3 is 5.11 Å². The van der Waals surface area contributed by atoms with Crippen molar-refractivity contribution in [3.63, 3.8) is 0 Å². The molecule has 0 spiro atoms. The van der Waals surface area contributed by atoms with E-state index < -0.39 is 12.0 Å². The molecule has 2 N–H and O–H groups in total. The van der Waals surface area contributed by atoms with Gasteiger partial charge >= 0.3 is 5.97 Å². The van der Waals surface area contributed by atoms with Gasteiger partial charge in [0.25, 0.3) is 0 Å². The van der Waals surface area contributed by atoms with Gasteiger partial charge in [-0.1, -0.05) is 20.8 Å². The Morgan fingerprint density at radius 3 is 1.86 bits per heavy atom. The average Bonchev–Trinajstić information content (AvgIpc) is 1.78. The Morgan fingerprint density at radius 2 is 1.64 bits per heavy atom. The Balaban J connectivity index is 4.40. The van der Waals surface area contributed by atoms with Crippen molar-refractivity contribution in [2.75, 3.05) is 0 Å². The highest BCUT2D eigenvalue weighted by molar-refractivity contribution is 5.73. The zero-order valence-corrected chi connectivity index (χ0v) is 10.1. The van der Waals surface area contributed by atoms with Crippen LogP contribution >= 0.6 is 0 Å². The maximum absolute atomic E-state index is 11.0. The molecule has 0 heterocycles. The Morgan fingerprint density at radius 1 is 1.21 bits per heavy atom. The molecule has 0 radical (unpaired) electrons. The van der Waals surface area contributed by atoms with Crippen molar-refractivity contribution in [1.29, 1.82) is 0 Å². The Bertz CT molecular complexity index is 182. The van der Waals surface area contributed by atoms with E-state index in [2.05, 4.69) is 5.32 Å². The summed E-state index contributed by atoms with van der Waals surface area (Å²) < 4.78 is 0. The summed E-state index contributed by atoms with van der Waals surface area (Å²) in [4.78, 5) is 11.0. The monoisotopic (exact) mass is 201 g/mol. The fraction of sp³-hybridized carbons (Fsp3) is 0.909. The number of carbonyl (C=O) groups is 1. The van der Waals surface area contributed by atoms with Crippen LogP contribution in [0.2, 0.25) is 0 Å². The first-order chi connectivity index (χ1) is 6.01. The predicted molar refractivity (Wildman–Crippen MR) is 58.4 cm³/mol. The lowest BCUT2D eigenvalue weighted by atomic mass is 9.87. The Kier molecular flexibility index (Phi) is 4.13. The van der Waals surface area contributed by atoms with E-state index in [0.29, 0.717) is 6.42 Å². The molecule has 0 saturated heterocycles. The van der Waals surface area contributed by atoms with E-state index in [1.165, 1.54) is 0 Å². The molecule has 84 valence electrons. The first kappa shape index (κ1) is 13.4. The molecule has 0 aliphatic carbocycles. The van der Waals surface area contributed by atoms with E-state index in [-0.39, 0.29) is 11.0 Å². The molecule has 0 aromatic rings. The van der Waals surface area contributed by atoms with E-state index in [9.17, 15) is 4.79 Å². The van der Waals surface area contributed by atoms with Crippen molar-refractivity contribution in [3.05, 3.63) is 0 Å². The van der Waals surface area contributed by atoms with Gasteiger partial charge in [-0.25, -0.2) is 0 Å². The van der Waals surface area contributed by atoms with Gasteiger partial charge in [-0.3, -0.25) is 10.1 Å². The van der Waals surface area contributed by atoms with Crippen molar-refractivity contribution in [3.8, 4) is 0 Å². The predicted octanol–water partition coefficient (Wildman–Crippen LogP) is 2.26. The molecule has 0 fully saturated rings. The first-order valence-electron chi connectivity index (χ1n) is 5.02. The molecule has 0 aromatic carbocycles. The molecule has 0 aliphatic rings. The molecule has 1 unspecified atom stereocenters. The normalized spacial score (nSPS) is 15.3. The van der Waals surface area contributed by atoms with Gasteiger partial charge in [-0.05, 0) is 32.6 Å². The van der Waals surface area contributed by atoms with Crippen LogP contribution in [-0.4, -0.2) is 22.7 Å². The van der Waals surface area contributed by atoms with E-state index in [1.54, 1.807) is 0 Å². The highest BCUT2D eigenvalue weighted by Gasteiger charge is 2.27. The third kappa shape index (κ3) is 6.89. The van der Waals surface area contributed by atoms with E-state index in [4.69, 9.17) is 5.11 Å². The number of aliphatic carboxylic acids is 1. The minimum absolute atomic E-state index is 0.0291. The molecule has 0 aliphatic heterocycles. The average molecular weight is 201 g/mol. The summed E-state index contributed by atoms with van der Waals surface area (Å²) in [5.74, 6) is -0.769. The second-order valence-electron chi connectivity index (χ2n) is 6.05. The summed E-state index contributed by atoms with van der Waals surface area (Å²) in [5.41, 5.74) is -0.129. The van der Waals surface area contributed by atoms with E-state index in [1.807, 2.05) is 41.5 Å². The smallest absolute Gasteiger partial charge is 0.320 e. The third-order valence-electron chi connectivity index (χ3n) is 1.72. The standard InChI is InChI=1S/C11H23NO2/c1-10(2,3)7-8(9(13)14)12-11(4,5)6/h8,12H,7H2,1-6H3,(H,13,14). The lowest BCUT2D eigenvalue weighted by molar-refractivity contribution is -0.140. The molecule has 0 rings (SSSR count). The van der Waals surface area contributed by atoms with E-state index >= 15 is 0 Å². The van der Waals surface area contributed by atoms with Crippen molar-refractivity contribution in [1.82, 2.24) is 5.32 Å². The van der Waals surface area contributed by atoms with E-state index in [0.717, 1.165) is 0 Å². The minimum Gasteiger partial charge on any atom is -0.480 e. The summed E-state index contributed by atoms with van der Waals surface area (Å²) in [6, 6.07) is -0.463. The van der Waals surface area contributed by atoms with Gasteiger partial charge in [0.05, 0.1) is 0 Å². The van der Waals surface area contributed by atoms with Crippen molar-refractivity contribution >= 4 is 5.97 Å². The zero-order valence-electron chi connectivity index (χ0n) is 10.1. The van der Waals surface area contributed by atoms with Gasteiger partial charge in [0.15, 0.2) is 0 Å². The quantitative estimate of drug-likeness (QED) is 0.736. The lowest BCUT2D eigenvalue weighted by Crippen LogP contribution is -2.49. The summed E-state index contributed by atoms with van der Waals surface area (Å²) >= 11 is 0. The third-order valence-corrected chi connectivity index (χ3v) is 1.72. The molecular weight excluding hydrogens is 178 g/mol. The van der Waals surface area contributed by atoms with Gasteiger partial charge in [-0.2, -0.15) is 0 Å². The molecule has 3 heteroatoms. The Hall–Kier alpha value is -0.570. The summed E-state index contributed by atoms with van der Waals surface area (Å²) in [6.07, 6.45) is 0.638. The topological polar surface area (TPSA) is 49.3 Å². The number of hydrogen-bond acceptors (Lipinski definition) is 2. The fourth-order valence-electron chi connectivity index (χ4n) is 1.34. The molecule has 0 amide bonds. The largest absolute Gasteiger partial charge is 0.480 e. The van der Waals surface area contributed by atoms with Crippen molar-refractivity contribution in [2.24, 2.45) is 5.41 Å². The molecular formula is C11H23NO2. The molecule has 0 aromatic heterocycles. The van der Waals surface area contributed by atoms with Crippen LogP contribution in [-0.2, 0) is 4.79 Å². The number of hydrogen-bond donors (Lipinski definition) is 2. The zero-order chi connectivity index (χ0) is 11.6. The second kappa shape index (κ2) is 4.30. The highest BCUT2D eigenvalue weighted by atomic mass is 16.4. The molecule has 14 heavy (non-hydrogen) atoms. The summed E-state index contributed by atoms with van der Waals surface area (Å²) in [7, 11) is 0. The SMILES string of the molecule is CC(C)(C)CC(NC(C)(C)C)C(=O)O. The number of nitrogens with one attached hydrogen (secondary N) is 1. The van der Waals surface area contributed by atoms with Crippen LogP contribution in [0.5, 0.6) is 0 Å². The van der Waals surface area contributed by atoms with Crippen LogP contribution in [0.4, 0.5) is 0 Å². The van der Waals surface area contributed by atoms with Gasteiger partial charge in [-0.15, -0.1) is 0 Å². The van der Waals surface area contributed by atoms with Crippen LogP contribution in [0.3, 0.4) is 0 Å². The molecule has 3 nitrogen and oxygen atoms in total. The molecule has 0 saturated carbocycles. The minimum atomic E-state index is -0.769. The van der Waals surface area contributed by atoms with Gasteiger partial charge in [0.1, 0.15) is 6.04 Å². The Labute approximate surface area is 86.9 Å². The van der Waals surface area contributed by atoms with Crippen LogP contribution in [0.1, 0.15) is 48.0 Å². The summed E-state index contributed by atoms with van der Waals surface area (Å²) in [6.45, 7) is 12.1. The maximum atomic E-state index is 11.0. The van der Waals surface area contributed by atoms with Crippen molar-refractivity contribution < 1.29 is 9.90 Å². The number of carboxylic acid groups (broad SMARTS) is 1. The van der Waals surface area contributed by atoms with Crippen molar-refractivity contribution in [2.45, 2.75) is 59.5 Å². The van der Waals surface area contributed by atoms with Crippen LogP contribution in [0, 0.1) is 5.41 Å². The van der Waals surface area contributed by atoms with Crippen LogP contribution < -0.4 is 5.32 Å². The van der Waals surface area contributed by atoms with Gasteiger partial charge in [0, 0.05) is 5.54 Å². The van der Waals surface area contributed by atoms with Gasteiger partial charge in [0.2, 0.25) is 0 Å².